The van der Waals surface area contributed by atoms with Gasteiger partial charge < -0.3 is 5.32 Å². The normalized spacial score (nSPS) is 26.2. The second-order valence-corrected chi connectivity index (χ2v) is 7.97. The Morgan fingerprint density at radius 1 is 1.11 bits per heavy atom. The van der Waals surface area contributed by atoms with Crippen molar-refractivity contribution < 1.29 is 4.79 Å². The Hall–Kier alpha value is -0.830. The molecule has 1 atom stereocenters. The SMILES string of the molecule is CC(C)(C)C1=C(C(C)(C)C)NC(=O)[C@@H]2CCCN2C1. The van der Waals surface area contributed by atoms with Crippen molar-refractivity contribution in [2.45, 2.75) is 60.4 Å². The quantitative estimate of drug-likeness (QED) is 0.729. The number of fused-ring (bicyclic) bond motifs is 1. The molecule has 1 N–H and O–H groups in total. The largest absolute Gasteiger partial charge is 0.328 e. The first-order chi connectivity index (χ1) is 8.60. The summed E-state index contributed by atoms with van der Waals surface area (Å²) in [6.45, 7) is 15.3. The molecule has 0 saturated carbocycles. The smallest absolute Gasteiger partial charge is 0.241 e. The third-order valence-electron chi connectivity index (χ3n) is 4.23. The van der Waals surface area contributed by atoms with Gasteiger partial charge in [0.05, 0.1) is 6.04 Å². The fraction of sp³-hybridized carbons (Fsp3) is 0.812. The zero-order chi connectivity index (χ0) is 14.4. The van der Waals surface area contributed by atoms with E-state index in [0.717, 1.165) is 31.6 Å². The Bertz CT molecular complexity index is 409. The first-order valence-electron chi connectivity index (χ1n) is 7.40. The molecule has 108 valence electrons. The molecule has 1 fully saturated rings. The average molecular weight is 264 g/mol. The van der Waals surface area contributed by atoms with Gasteiger partial charge in [-0.25, -0.2) is 0 Å². The molecule has 0 aromatic carbocycles. The predicted octanol–water partition coefficient (Wildman–Crippen LogP) is 2.93. The fourth-order valence-corrected chi connectivity index (χ4v) is 3.13. The molecule has 2 rings (SSSR count). The lowest BCUT2D eigenvalue weighted by atomic mass is 9.78. The molecule has 0 aromatic heterocycles. The lowest BCUT2D eigenvalue weighted by molar-refractivity contribution is -0.124. The number of allylic oxidation sites excluding steroid dienone is 1. The van der Waals surface area contributed by atoms with Crippen LogP contribution >= 0.6 is 0 Å². The van der Waals surface area contributed by atoms with Crippen LogP contribution in [-0.2, 0) is 4.79 Å². The van der Waals surface area contributed by atoms with Crippen LogP contribution in [-0.4, -0.2) is 29.9 Å². The molecule has 3 heteroatoms. The van der Waals surface area contributed by atoms with Gasteiger partial charge >= 0.3 is 0 Å². The number of hydrogen-bond donors (Lipinski definition) is 1. The minimum Gasteiger partial charge on any atom is -0.328 e. The molecule has 2 aliphatic rings. The van der Waals surface area contributed by atoms with Crippen LogP contribution in [0.5, 0.6) is 0 Å². The van der Waals surface area contributed by atoms with Crippen molar-refractivity contribution in [3.05, 3.63) is 11.3 Å². The summed E-state index contributed by atoms with van der Waals surface area (Å²) in [5, 5.41) is 3.25. The molecule has 0 bridgehead atoms. The number of carbonyl (C=O) groups excluding carboxylic acids is 1. The predicted molar refractivity (Wildman–Crippen MR) is 78.7 cm³/mol. The van der Waals surface area contributed by atoms with Crippen molar-refractivity contribution in [1.29, 1.82) is 0 Å². The molecule has 2 aliphatic heterocycles. The third kappa shape index (κ3) is 2.86. The molecule has 0 radical (unpaired) electrons. The van der Waals surface area contributed by atoms with Crippen molar-refractivity contribution in [3.63, 3.8) is 0 Å². The van der Waals surface area contributed by atoms with Gasteiger partial charge in [0.25, 0.3) is 0 Å². The third-order valence-corrected chi connectivity index (χ3v) is 4.23. The number of amides is 1. The second-order valence-electron chi connectivity index (χ2n) is 7.97. The van der Waals surface area contributed by atoms with Crippen LogP contribution in [0.4, 0.5) is 0 Å². The highest BCUT2D eigenvalue weighted by Crippen LogP contribution is 2.38. The summed E-state index contributed by atoms with van der Waals surface area (Å²) in [5.74, 6) is 0.196. The maximum Gasteiger partial charge on any atom is 0.241 e. The highest BCUT2D eigenvalue weighted by atomic mass is 16.2. The lowest BCUT2D eigenvalue weighted by Gasteiger charge is -2.33. The molecule has 1 amide bonds. The molecule has 0 aromatic rings. The van der Waals surface area contributed by atoms with E-state index in [4.69, 9.17) is 0 Å². The molecular formula is C16H28N2O. The van der Waals surface area contributed by atoms with Gasteiger partial charge in [-0.1, -0.05) is 41.5 Å². The number of carbonyl (C=O) groups is 1. The summed E-state index contributed by atoms with van der Waals surface area (Å²) >= 11 is 0. The minimum absolute atomic E-state index is 0.0158. The summed E-state index contributed by atoms with van der Waals surface area (Å²) < 4.78 is 0. The lowest BCUT2D eigenvalue weighted by Crippen LogP contribution is -2.41. The van der Waals surface area contributed by atoms with Crippen molar-refractivity contribution >= 4 is 5.91 Å². The Balaban J connectivity index is 2.47. The first kappa shape index (κ1) is 14.6. The zero-order valence-corrected chi connectivity index (χ0v) is 13.3. The Morgan fingerprint density at radius 3 is 2.26 bits per heavy atom. The van der Waals surface area contributed by atoms with Gasteiger partial charge in [-0.15, -0.1) is 0 Å². The van der Waals surface area contributed by atoms with E-state index in [1.165, 1.54) is 5.57 Å². The molecule has 0 unspecified atom stereocenters. The summed E-state index contributed by atoms with van der Waals surface area (Å²) in [5.41, 5.74) is 2.60. The van der Waals surface area contributed by atoms with Crippen LogP contribution in [0.25, 0.3) is 0 Å². The Kier molecular flexibility index (Phi) is 3.54. The van der Waals surface area contributed by atoms with E-state index >= 15 is 0 Å². The van der Waals surface area contributed by atoms with Crippen LogP contribution in [0.1, 0.15) is 54.4 Å². The van der Waals surface area contributed by atoms with Crippen molar-refractivity contribution in [1.82, 2.24) is 10.2 Å². The molecule has 0 aliphatic carbocycles. The number of rotatable bonds is 0. The van der Waals surface area contributed by atoms with Crippen LogP contribution in [0, 0.1) is 10.8 Å². The van der Waals surface area contributed by atoms with Crippen molar-refractivity contribution in [3.8, 4) is 0 Å². The van der Waals surface area contributed by atoms with E-state index in [2.05, 4.69) is 51.8 Å². The van der Waals surface area contributed by atoms with Crippen LogP contribution in [0.15, 0.2) is 11.3 Å². The van der Waals surface area contributed by atoms with E-state index in [1.807, 2.05) is 0 Å². The molecule has 3 nitrogen and oxygen atoms in total. The zero-order valence-electron chi connectivity index (χ0n) is 13.3. The molecule has 19 heavy (non-hydrogen) atoms. The Morgan fingerprint density at radius 2 is 1.74 bits per heavy atom. The van der Waals surface area contributed by atoms with Crippen LogP contribution in [0.2, 0.25) is 0 Å². The number of nitrogens with one attached hydrogen (secondary N) is 1. The fourth-order valence-electron chi connectivity index (χ4n) is 3.13. The highest BCUT2D eigenvalue weighted by molar-refractivity contribution is 5.84. The van der Waals surface area contributed by atoms with Gasteiger partial charge in [0.15, 0.2) is 0 Å². The van der Waals surface area contributed by atoms with Gasteiger partial charge in [0.1, 0.15) is 0 Å². The maximum absolute atomic E-state index is 12.4. The van der Waals surface area contributed by atoms with Gasteiger partial charge in [0, 0.05) is 17.7 Å². The van der Waals surface area contributed by atoms with E-state index in [0.29, 0.717) is 0 Å². The van der Waals surface area contributed by atoms with Gasteiger partial charge in [-0.05, 0) is 30.4 Å². The summed E-state index contributed by atoms with van der Waals surface area (Å²) in [6.07, 6.45) is 2.14. The summed E-state index contributed by atoms with van der Waals surface area (Å²) in [4.78, 5) is 14.8. The number of nitrogens with zero attached hydrogens (tertiary/aromatic N) is 1. The molecular weight excluding hydrogens is 236 g/mol. The van der Waals surface area contributed by atoms with Crippen molar-refractivity contribution in [2.75, 3.05) is 13.1 Å². The molecule has 1 saturated heterocycles. The van der Waals surface area contributed by atoms with Gasteiger partial charge in [-0.2, -0.15) is 0 Å². The topological polar surface area (TPSA) is 32.3 Å². The number of hydrogen-bond acceptors (Lipinski definition) is 2. The van der Waals surface area contributed by atoms with Crippen molar-refractivity contribution in [2.24, 2.45) is 10.8 Å². The van der Waals surface area contributed by atoms with E-state index in [1.54, 1.807) is 0 Å². The van der Waals surface area contributed by atoms with Gasteiger partial charge in [0.2, 0.25) is 5.91 Å². The van der Waals surface area contributed by atoms with E-state index < -0.39 is 0 Å². The first-order valence-corrected chi connectivity index (χ1v) is 7.40. The summed E-state index contributed by atoms with van der Waals surface area (Å²) in [7, 11) is 0. The van der Waals surface area contributed by atoms with Crippen LogP contribution < -0.4 is 5.32 Å². The van der Waals surface area contributed by atoms with Gasteiger partial charge in [-0.3, -0.25) is 9.69 Å². The molecule has 0 spiro atoms. The molecule has 2 heterocycles. The standard InChI is InChI=1S/C16H28N2O/c1-15(2,3)11-10-18-9-7-8-12(18)14(19)17-13(11)16(4,5)6/h12H,7-10H2,1-6H3,(H,17,19)/t12-/m0/s1. The highest BCUT2D eigenvalue weighted by Gasteiger charge is 2.39. The average Bonchev–Trinajstić information content (AvgIpc) is 2.62. The summed E-state index contributed by atoms with van der Waals surface area (Å²) in [6, 6.07) is 0.0807. The van der Waals surface area contributed by atoms with E-state index in [-0.39, 0.29) is 22.8 Å². The van der Waals surface area contributed by atoms with E-state index in [9.17, 15) is 4.79 Å². The Labute approximate surface area is 117 Å². The maximum atomic E-state index is 12.4. The second kappa shape index (κ2) is 4.62. The van der Waals surface area contributed by atoms with Crippen LogP contribution in [0.3, 0.4) is 0 Å². The monoisotopic (exact) mass is 264 g/mol. The minimum atomic E-state index is -0.0158.